The molecule has 7 rings (SSSR count). The molecule has 3 heterocycles. The predicted molar refractivity (Wildman–Crippen MR) is 169 cm³/mol. The molecule has 0 unspecified atom stereocenters. The highest BCUT2D eigenvalue weighted by Crippen LogP contribution is 2.46. The molecule has 0 atom stereocenters. The van der Waals surface area contributed by atoms with Crippen LogP contribution in [-0.4, -0.2) is 60.3 Å². The van der Waals surface area contributed by atoms with Crippen LogP contribution >= 0.6 is 11.3 Å². The van der Waals surface area contributed by atoms with E-state index >= 15 is 0 Å². The average molecular weight is 594 g/mol. The van der Waals surface area contributed by atoms with Gasteiger partial charge in [0.1, 0.15) is 23.2 Å². The van der Waals surface area contributed by atoms with Gasteiger partial charge in [0.15, 0.2) is 0 Å². The Morgan fingerprint density at radius 2 is 1.56 bits per heavy atom. The van der Waals surface area contributed by atoms with Gasteiger partial charge in [-0.25, -0.2) is 0 Å². The number of benzene rings is 3. The zero-order valence-electron chi connectivity index (χ0n) is 24.5. The molecular weight excluding hydrogens is 558 g/mol. The van der Waals surface area contributed by atoms with E-state index in [0.717, 1.165) is 83.0 Å². The van der Waals surface area contributed by atoms with E-state index in [2.05, 4.69) is 58.1 Å². The van der Waals surface area contributed by atoms with Crippen LogP contribution in [0.2, 0.25) is 0 Å². The number of aromatic nitrogens is 2. The molecule has 7 nitrogen and oxygen atoms in total. The Bertz CT molecular complexity index is 1670. The van der Waals surface area contributed by atoms with Gasteiger partial charge in [-0.15, -0.1) is 11.3 Å². The molecule has 5 aromatic rings. The van der Waals surface area contributed by atoms with Gasteiger partial charge in [0.25, 0.3) is 0 Å². The van der Waals surface area contributed by atoms with E-state index in [9.17, 15) is 5.11 Å². The fourth-order valence-electron chi connectivity index (χ4n) is 6.27. The number of morpholine rings is 1. The molecule has 220 valence electrons. The largest absolute Gasteiger partial charge is 0.497 e. The lowest BCUT2D eigenvalue weighted by Gasteiger charge is -2.26. The molecule has 1 N–H and O–H groups in total. The van der Waals surface area contributed by atoms with Crippen LogP contribution in [0, 0.1) is 0 Å². The van der Waals surface area contributed by atoms with Crippen molar-refractivity contribution in [3.05, 3.63) is 112 Å². The molecule has 3 aromatic carbocycles. The van der Waals surface area contributed by atoms with Crippen molar-refractivity contribution in [2.75, 3.05) is 40.5 Å². The summed E-state index contributed by atoms with van der Waals surface area (Å²) in [5.41, 5.74) is 9.48. The number of aliphatic hydroxyl groups is 1. The number of thiophene rings is 1. The lowest BCUT2D eigenvalue weighted by Crippen LogP contribution is -2.35. The van der Waals surface area contributed by atoms with E-state index in [4.69, 9.17) is 19.3 Å². The molecule has 43 heavy (non-hydrogen) atoms. The quantitative estimate of drug-likeness (QED) is 0.217. The molecular formula is C35H35N3O4S. The molecule has 0 radical (unpaired) electrons. The molecule has 1 fully saturated rings. The van der Waals surface area contributed by atoms with E-state index in [1.165, 1.54) is 22.3 Å². The summed E-state index contributed by atoms with van der Waals surface area (Å²) in [5, 5.41) is 15.2. The first-order chi connectivity index (χ1) is 21.1. The number of methoxy groups -OCH3 is 2. The van der Waals surface area contributed by atoms with Gasteiger partial charge in [-0.05, 0) is 58.7 Å². The molecule has 1 aliphatic heterocycles. The van der Waals surface area contributed by atoms with E-state index in [-0.39, 0.29) is 12.6 Å². The lowest BCUT2D eigenvalue weighted by molar-refractivity contribution is 0.0342. The van der Waals surface area contributed by atoms with Crippen molar-refractivity contribution < 1.29 is 19.3 Å². The second kappa shape index (κ2) is 12.0. The lowest BCUT2D eigenvalue weighted by atomic mass is 9.97. The topological polar surface area (TPSA) is 69.0 Å². The molecule has 2 aromatic heterocycles. The second-order valence-electron chi connectivity index (χ2n) is 11.1. The smallest absolute Gasteiger partial charge is 0.118 e. The summed E-state index contributed by atoms with van der Waals surface area (Å²) in [5.74, 6) is 1.63. The molecule has 0 saturated carbocycles. The summed E-state index contributed by atoms with van der Waals surface area (Å²) in [4.78, 5) is 4.47. The second-order valence-corrected chi connectivity index (χ2v) is 12.2. The van der Waals surface area contributed by atoms with Crippen molar-refractivity contribution in [2.24, 2.45) is 0 Å². The van der Waals surface area contributed by atoms with Crippen LogP contribution in [0.3, 0.4) is 0 Å². The summed E-state index contributed by atoms with van der Waals surface area (Å²) in [7, 11) is 3.38. The number of aliphatic hydroxyl groups excluding tert-OH is 1. The first-order valence-electron chi connectivity index (χ1n) is 14.7. The highest BCUT2D eigenvalue weighted by Gasteiger charge is 2.33. The van der Waals surface area contributed by atoms with E-state index in [1.54, 1.807) is 25.6 Å². The fourth-order valence-corrected chi connectivity index (χ4v) is 7.15. The third-order valence-corrected chi connectivity index (χ3v) is 9.55. The SMILES string of the molecule is COc1ccc(C(c2ccc(OC)cc2)n2nc(-c3ccc(CO)s3)c3c2-c2ccc(CN4CCOCC4)cc2C3)cc1. The van der Waals surface area contributed by atoms with Gasteiger partial charge in [0.2, 0.25) is 0 Å². The van der Waals surface area contributed by atoms with Crippen molar-refractivity contribution in [2.45, 2.75) is 25.6 Å². The van der Waals surface area contributed by atoms with Gasteiger partial charge in [-0.1, -0.05) is 42.5 Å². The van der Waals surface area contributed by atoms with Gasteiger partial charge in [-0.3, -0.25) is 9.58 Å². The Kier molecular flexibility index (Phi) is 7.76. The Morgan fingerprint density at radius 1 is 0.884 bits per heavy atom. The zero-order valence-corrected chi connectivity index (χ0v) is 25.3. The van der Waals surface area contributed by atoms with Crippen LogP contribution in [-0.2, 0) is 24.3 Å². The molecule has 1 aliphatic carbocycles. The van der Waals surface area contributed by atoms with E-state index in [1.807, 2.05) is 30.3 Å². The van der Waals surface area contributed by atoms with Crippen molar-refractivity contribution >= 4 is 11.3 Å². The Balaban J connectivity index is 1.38. The van der Waals surface area contributed by atoms with Crippen LogP contribution in [0.1, 0.15) is 38.7 Å². The third kappa shape index (κ3) is 5.36. The normalized spacial score (nSPS) is 14.6. The van der Waals surface area contributed by atoms with Gasteiger partial charge in [-0.2, -0.15) is 5.10 Å². The Morgan fingerprint density at radius 3 is 2.16 bits per heavy atom. The number of nitrogens with zero attached hydrogens (tertiary/aromatic N) is 3. The van der Waals surface area contributed by atoms with Crippen molar-refractivity contribution in [3.63, 3.8) is 0 Å². The first-order valence-corrected chi connectivity index (χ1v) is 15.5. The van der Waals surface area contributed by atoms with Crippen LogP contribution in [0.4, 0.5) is 0 Å². The van der Waals surface area contributed by atoms with Crippen molar-refractivity contribution in [1.29, 1.82) is 0 Å². The first kappa shape index (κ1) is 27.9. The Labute approximate surface area is 255 Å². The molecule has 0 spiro atoms. The third-order valence-electron chi connectivity index (χ3n) is 8.47. The highest BCUT2D eigenvalue weighted by atomic mass is 32.1. The van der Waals surface area contributed by atoms with Crippen molar-refractivity contribution in [1.82, 2.24) is 14.7 Å². The fraction of sp³-hybridized carbons (Fsp3) is 0.286. The monoisotopic (exact) mass is 593 g/mol. The molecule has 0 amide bonds. The number of hydrogen-bond acceptors (Lipinski definition) is 7. The molecule has 8 heteroatoms. The van der Waals surface area contributed by atoms with Crippen molar-refractivity contribution in [3.8, 4) is 33.3 Å². The summed E-state index contributed by atoms with van der Waals surface area (Å²) >= 11 is 1.61. The van der Waals surface area contributed by atoms with E-state index in [0.29, 0.717) is 0 Å². The van der Waals surface area contributed by atoms with Crippen LogP contribution in [0.25, 0.3) is 21.8 Å². The van der Waals surface area contributed by atoms with Gasteiger partial charge in [0, 0.05) is 42.1 Å². The van der Waals surface area contributed by atoms with Crippen LogP contribution in [0.15, 0.2) is 78.9 Å². The minimum absolute atomic E-state index is 0.0268. The maximum Gasteiger partial charge on any atom is 0.118 e. The maximum absolute atomic E-state index is 9.83. The van der Waals surface area contributed by atoms with Crippen LogP contribution < -0.4 is 9.47 Å². The number of fused-ring (bicyclic) bond motifs is 3. The Hall–Kier alpha value is -3.95. The summed E-state index contributed by atoms with van der Waals surface area (Å²) in [6.45, 7) is 4.48. The predicted octanol–water partition coefficient (Wildman–Crippen LogP) is 6.16. The molecule has 2 aliphatic rings. The van der Waals surface area contributed by atoms with Gasteiger partial charge in [0.05, 0.1) is 44.6 Å². The number of ether oxygens (including phenoxy) is 3. The van der Waals surface area contributed by atoms with Crippen LogP contribution in [0.5, 0.6) is 11.5 Å². The van der Waals surface area contributed by atoms with Gasteiger partial charge >= 0.3 is 0 Å². The minimum atomic E-state index is -0.171. The number of rotatable bonds is 9. The molecule has 0 bridgehead atoms. The van der Waals surface area contributed by atoms with Gasteiger partial charge < -0.3 is 19.3 Å². The summed E-state index contributed by atoms with van der Waals surface area (Å²) < 4.78 is 18.7. The maximum atomic E-state index is 9.83. The highest BCUT2D eigenvalue weighted by molar-refractivity contribution is 7.15. The zero-order chi connectivity index (χ0) is 29.3. The molecule has 1 saturated heterocycles. The summed E-state index contributed by atoms with van der Waals surface area (Å²) in [6, 6.07) is 27.4. The minimum Gasteiger partial charge on any atom is -0.497 e. The average Bonchev–Trinajstić information content (AvgIpc) is 3.77. The van der Waals surface area contributed by atoms with E-state index < -0.39 is 0 Å². The number of hydrogen-bond donors (Lipinski definition) is 1. The summed E-state index contributed by atoms with van der Waals surface area (Å²) in [6.07, 6.45) is 0.821. The standard InChI is InChI=1S/C35H35N3O4S/c1-40-27-8-4-24(5-9-27)34(25-6-10-28(41-2)11-7-25)38-35-30-13-3-23(21-37-15-17-42-18-16-37)19-26(30)20-31(35)33(36-38)32-14-12-29(22-39)43-32/h3-14,19,34,39H,15-18,20-22H2,1-2H3.